The van der Waals surface area contributed by atoms with E-state index in [2.05, 4.69) is 15.0 Å². The van der Waals surface area contributed by atoms with E-state index in [0.29, 0.717) is 31.0 Å². The number of aliphatic hydroxyl groups is 1. The number of aromatic nitrogens is 4. The van der Waals surface area contributed by atoms with Crippen LogP contribution < -0.4 is 0 Å². The van der Waals surface area contributed by atoms with Gasteiger partial charge in [-0.25, -0.2) is 9.97 Å². The first-order chi connectivity index (χ1) is 11.7. The third kappa shape index (κ3) is 2.74. The Morgan fingerprint density at radius 1 is 1.21 bits per heavy atom. The number of nitrogens with zero attached hydrogens (tertiary/aromatic N) is 5. The SMILES string of the molecule is O=C(c1cn2cccnc2n1)N1C[C@@H](Cc2ccccn2)[C@H](O)C1. The lowest BCUT2D eigenvalue weighted by Crippen LogP contribution is -2.29. The number of pyridine rings is 1. The number of aliphatic hydroxyl groups excluding tert-OH is 1. The fraction of sp³-hybridized carbons (Fsp3) is 0.294. The minimum atomic E-state index is -0.550. The number of carbonyl (C=O) groups is 1. The summed E-state index contributed by atoms with van der Waals surface area (Å²) >= 11 is 0. The maximum absolute atomic E-state index is 12.7. The predicted molar refractivity (Wildman–Crippen MR) is 86.3 cm³/mol. The molecule has 0 spiro atoms. The molecule has 1 amide bonds. The summed E-state index contributed by atoms with van der Waals surface area (Å²) in [5.74, 6) is 0.299. The fourth-order valence-electron chi connectivity index (χ4n) is 3.10. The second kappa shape index (κ2) is 6.01. The van der Waals surface area contributed by atoms with Gasteiger partial charge in [-0.05, 0) is 24.6 Å². The lowest BCUT2D eigenvalue weighted by atomic mass is 10.00. The Hall–Kier alpha value is -2.80. The summed E-state index contributed by atoms with van der Waals surface area (Å²) in [4.78, 5) is 27.0. The van der Waals surface area contributed by atoms with E-state index in [9.17, 15) is 9.90 Å². The van der Waals surface area contributed by atoms with Gasteiger partial charge < -0.3 is 10.0 Å². The van der Waals surface area contributed by atoms with Crippen molar-refractivity contribution in [3.05, 3.63) is 60.4 Å². The van der Waals surface area contributed by atoms with Gasteiger partial charge in [-0.3, -0.25) is 14.2 Å². The average molecular weight is 323 g/mol. The van der Waals surface area contributed by atoms with E-state index >= 15 is 0 Å². The van der Waals surface area contributed by atoms with Crippen LogP contribution in [-0.4, -0.2) is 54.5 Å². The van der Waals surface area contributed by atoms with Crippen LogP contribution in [0.25, 0.3) is 5.78 Å². The number of amides is 1. The van der Waals surface area contributed by atoms with Gasteiger partial charge >= 0.3 is 0 Å². The third-order valence-electron chi connectivity index (χ3n) is 4.35. The lowest BCUT2D eigenvalue weighted by Gasteiger charge is -2.14. The maximum atomic E-state index is 12.7. The van der Waals surface area contributed by atoms with E-state index in [-0.39, 0.29) is 11.8 Å². The summed E-state index contributed by atoms with van der Waals surface area (Å²) in [6, 6.07) is 7.51. The van der Waals surface area contributed by atoms with E-state index in [4.69, 9.17) is 0 Å². The van der Waals surface area contributed by atoms with Crippen molar-refractivity contribution in [2.24, 2.45) is 5.92 Å². The van der Waals surface area contributed by atoms with E-state index in [0.717, 1.165) is 5.69 Å². The van der Waals surface area contributed by atoms with Crippen LogP contribution in [0.5, 0.6) is 0 Å². The van der Waals surface area contributed by atoms with Gasteiger partial charge in [-0.1, -0.05) is 6.07 Å². The molecule has 7 nitrogen and oxygen atoms in total. The molecule has 1 N–H and O–H groups in total. The highest BCUT2D eigenvalue weighted by molar-refractivity contribution is 5.93. The van der Waals surface area contributed by atoms with Gasteiger partial charge in [0.1, 0.15) is 5.69 Å². The molecule has 4 rings (SSSR count). The van der Waals surface area contributed by atoms with Crippen molar-refractivity contribution in [1.29, 1.82) is 0 Å². The molecular weight excluding hydrogens is 306 g/mol. The van der Waals surface area contributed by atoms with E-state index in [1.54, 1.807) is 40.2 Å². The van der Waals surface area contributed by atoms with Crippen LogP contribution in [0.1, 0.15) is 16.2 Å². The number of β-amino-alcohol motifs (C(OH)–C–C–N with tert-alkyl or cyclic N) is 1. The van der Waals surface area contributed by atoms with Gasteiger partial charge in [-0.15, -0.1) is 0 Å². The Kier molecular flexibility index (Phi) is 3.70. The molecule has 0 radical (unpaired) electrons. The first kappa shape index (κ1) is 14.8. The number of likely N-dealkylation sites (tertiary alicyclic amines) is 1. The zero-order valence-electron chi connectivity index (χ0n) is 13.0. The number of hydrogen-bond acceptors (Lipinski definition) is 5. The van der Waals surface area contributed by atoms with Crippen LogP contribution in [0.15, 0.2) is 49.1 Å². The molecule has 0 aliphatic carbocycles. The maximum Gasteiger partial charge on any atom is 0.274 e. The average Bonchev–Trinajstić information content (AvgIpc) is 3.19. The van der Waals surface area contributed by atoms with Gasteiger partial charge in [0.2, 0.25) is 5.78 Å². The van der Waals surface area contributed by atoms with Gasteiger partial charge in [0.25, 0.3) is 5.91 Å². The number of fused-ring (bicyclic) bond motifs is 1. The second-order valence-electron chi connectivity index (χ2n) is 6.02. The standard InChI is InChI=1S/C17H17N5O2/c23-15-11-22(9-12(15)8-13-4-1-2-5-18-13)16(24)14-10-21-7-3-6-19-17(21)20-14/h1-7,10,12,15,23H,8-9,11H2/t12-,15-/m1/s1. The van der Waals surface area contributed by atoms with Gasteiger partial charge in [0.05, 0.1) is 6.10 Å². The first-order valence-corrected chi connectivity index (χ1v) is 7.87. The molecule has 1 aliphatic rings. The number of rotatable bonds is 3. The van der Waals surface area contributed by atoms with Crippen molar-refractivity contribution in [3.8, 4) is 0 Å². The number of carbonyl (C=O) groups excluding carboxylic acids is 1. The van der Waals surface area contributed by atoms with Crippen molar-refractivity contribution >= 4 is 11.7 Å². The molecule has 0 saturated carbocycles. The van der Waals surface area contributed by atoms with Crippen molar-refractivity contribution in [2.45, 2.75) is 12.5 Å². The molecule has 0 unspecified atom stereocenters. The lowest BCUT2D eigenvalue weighted by molar-refractivity contribution is 0.0759. The Bertz CT molecular complexity index is 831. The summed E-state index contributed by atoms with van der Waals surface area (Å²) in [5, 5.41) is 10.3. The normalized spacial score (nSPS) is 20.6. The molecule has 122 valence electrons. The largest absolute Gasteiger partial charge is 0.391 e. The van der Waals surface area contributed by atoms with E-state index in [1.807, 2.05) is 18.2 Å². The van der Waals surface area contributed by atoms with E-state index in [1.165, 1.54) is 0 Å². The van der Waals surface area contributed by atoms with Crippen molar-refractivity contribution in [1.82, 2.24) is 24.3 Å². The molecule has 3 aromatic rings. The number of hydrogen-bond donors (Lipinski definition) is 1. The minimum absolute atomic E-state index is 0.0148. The van der Waals surface area contributed by atoms with Crippen LogP contribution in [0.3, 0.4) is 0 Å². The van der Waals surface area contributed by atoms with Crippen LogP contribution in [-0.2, 0) is 6.42 Å². The highest BCUT2D eigenvalue weighted by Gasteiger charge is 2.35. The van der Waals surface area contributed by atoms with Crippen LogP contribution in [0.2, 0.25) is 0 Å². The molecule has 1 aliphatic heterocycles. The van der Waals surface area contributed by atoms with E-state index < -0.39 is 6.10 Å². The molecule has 2 atom stereocenters. The van der Waals surface area contributed by atoms with Gasteiger partial charge in [-0.2, -0.15) is 0 Å². The Balaban J connectivity index is 1.49. The Labute approximate surface area is 138 Å². The molecule has 24 heavy (non-hydrogen) atoms. The molecule has 7 heteroatoms. The van der Waals surface area contributed by atoms with Crippen LogP contribution >= 0.6 is 0 Å². The van der Waals surface area contributed by atoms with Crippen LogP contribution in [0.4, 0.5) is 0 Å². The summed E-state index contributed by atoms with van der Waals surface area (Å²) in [7, 11) is 0. The summed E-state index contributed by atoms with van der Waals surface area (Å²) in [6.07, 6.45) is 6.95. The first-order valence-electron chi connectivity index (χ1n) is 7.87. The zero-order valence-corrected chi connectivity index (χ0v) is 13.0. The zero-order chi connectivity index (χ0) is 16.5. The van der Waals surface area contributed by atoms with Crippen molar-refractivity contribution in [3.63, 3.8) is 0 Å². The highest BCUT2D eigenvalue weighted by atomic mass is 16.3. The van der Waals surface area contributed by atoms with Crippen molar-refractivity contribution < 1.29 is 9.90 Å². The minimum Gasteiger partial charge on any atom is -0.391 e. The highest BCUT2D eigenvalue weighted by Crippen LogP contribution is 2.22. The molecule has 3 aromatic heterocycles. The monoisotopic (exact) mass is 323 g/mol. The third-order valence-corrected chi connectivity index (χ3v) is 4.35. The molecule has 1 fully saturated rings. The van der Waals surface area contributed by atoms with Crippen molar-refractivity contribution in [2.75, 3.05) is 13.1 Å². The fourth-order valence-corrected chi connectivity index (χ4v) is 3.10. The Morgan fingerprint density at radius 3 is 2.88 bits per heavy atom. The quantitative estimate of drug-likeness (QED) is 0.771. The second-order valence-corrected chi connectivity index (χ2v) is 6.02. The van der Waals surface area contributed by atoms with Gasteiger partial charge in [0.15, 0.2) is 0 Å². The topological polar surface area (TPSA) is 83.6 Å². The summed E-state index contributed by atoms with van der Waals surface area (Å²) in [5.41, 5.74) is 1.27. The smallest absolute Gasteiger partial charge is 0.274 e. The number of imidazole rings is 1. The van der Waals surface area contributed by atoms with Crippen LogP contribution in [0, 0.1) is 5.92 Å². The molecular formula is C17H17N5O2. The molecule has 4 heterocycles. The van der Waals surface area contributed by atoms with Gasteiger partial charge in [0, 0.05) is 49.5 Å². The molecule has 0 bridgehead atoms. The summed E-state index contributed by atoms with van der Waals surface area (Å²) < 4.78 is 1.71. The predicted octanol–water partition coefficient (Wildman–Crippen LogP) is 0.800. The molecule has 0 aromatic carbocycles. The molecule has 1 saturated heterocycles. The summed E-state index contributed by atoms with van der Waals surface area (Å²) in [6.45, 7) is 0.815. The Morgan fingerprint density at radius 2 is 2.08 bits per heavy atom.